The Morgan fingerprint density at radius 3 is 2.54 bits per heavy atom. The fourth-order valence-electron chi connectivity index (χ4n) is 2.58. The van der Waals surface area contributed by atoms with Gasteiger partial charge in [-0.2, -0.15) is 0 Å². The van der Waals surface area contributed by atoms with Crippen LogP contribution in [0.1, 0.15) is 21.6 Å². The van der Waals surface area contributed by atoms with E-state index in [4.69, 9.17) is 4.74 Å². The van der Waals surface area contributed by atoms with Gasteiger partial charge in [-0.05, 0) is 36.8 Å². The molecule has 0 spiro atoms. The highest BCUT2D eigenvalue weighted by Crippen LogP contribution is 2.19. The Morgan fingerprint density at radius 1 is 1.04 bits per heavy atom. The van der Waals surface area contributed by atoms with Crippen molar-refractivity contribution >= 4 is 17.3 Å². The van der Waals surface area contributed by atoms with Crippen LogP contribution in [0.5, 0.6) is 5.75 Å². The van der Waals surface area contributed by atoms with Crippen LogP contribution in [-0.2, 0) is 6.54 Å². The Morgan fingerprint density at radius 2 is 1.81 bits per heavy atom. The number of pyridine rings is 1. The van der Waals surface area contributed by atoms with Crippen molar-refractivity contribution in [2.75, 3.05) is 17.7 Å². The largest absolute Gasteiger partial charge is 0.496 e. The van der Waals surface area contributed by atoms with Crippen LogP contribution in [-0.4, -0.2) is 18.0 Å². The van der Waals surface area contributed by atoms with Gasteiger partial charge < -0.3 is 15.4 Å². The number of nitrogens with zero attached hydrogens (tertiary/aromatic N) is 1. The number of nitrogens with one attached hydrogen (secondary N) is 2. The van der Waals surface area contributed by atoms with Crippen LogP contribution < -0.4 is 15.4 Å². The summed E-state index contributed by atoms with van der Waals surface area (Å²) in [6, 6.07) is 19.0. The Kier molecular flexibility index (Phi) is 5.49. The number of hydrogen-bond acceptors (Lipinski definition) is 4. The average molecular weight is 347 g/mol. The van der Waals surface area contributed by atoms with Gasteiger partial charge in [-0.3, -0.25) is 4.79 Å². The van der Waals surface area contributed by atoms with Crippen LogP contribution in [0.3, 0.4) is 0 Å². The van der Waals surface area contributed by atoms with Gasteiger partial charge in [0, 0.05) is 17.8 Å². The van der Waals surface area contributed by atoms with Gasteiger partial charge in [0.05, 0.1) is 19.0 Å². The summed E-state index contributed by atoms with van der Waals surface area (Å²) < 4.78 is 5.34. The number of para-hydroxylation sites is 2. The number of amides is 1. The number of hydrogen-bond donors (Lipinski definition) is 2. The molecule has 0 aliphatic rings. The second-order valence-electron chi connectivity index (χ2n) is 5.87. The third kappa shape index (κ3) is 4.19. The van der Waals surface area contributed by atoms with Crippen molar-refractivity contribution in [2.45, 2.75) is 13.5 Å². The van der Waals surface area contributed by atoms with Crippen molar-refractivity contribution in [1.82, 2.24) is 4.98 Å². The highest BCUT2D eigenvalue weighted by molar-refractivity contribution is 6.03. The van der Waals surface area contributed by atoms with Gasteiger partial charge in [-0.25, -0.2) is 4.98 Å². The molecule has 5 heteroatoms. The number of aromatic nitrogens is 1. The number of rotatable bonds is 6. The molecule has 5 nitrogen and oxygen atoms in total. The lowest BCUT2D eigenvalue weighted by atomic mass is 10.2. The lowest BCUT2D eigenvalue weighted by Gasteiger charge is -2.11. The van der Waals surface area contributed by atoms with E-state index in [0.29, 0.717) is 12.2 Å². The van der Waals surface area contributed by atoms with E-state index in [0.717, 1.165) is 28.3 Å². The lowest BCUT2D eigenvalue weighted by Crippen LogP contribution is -2.14. The number of aryl methyl sites for hydroxylation is 1. The van der Waals surface area contributed by atoms with Gasteiger partial charge in [0.2, 0.25) is 0 Å². The molecule has 0 fully saturated rings. The first-order valence-electron chi connectivity index (χ1n) is 8.36. The first-order valence-corrected chi connectivity index (χ1v) is 8.36. The van der Waals surface area contributed by atoms with Crippen LogP contribution in [0.15, 0.2) is 66.9 Å². The van der Waals surface area contributed by atoms with Crippen molar-refractivity contribution in [3.63, 3.8) is 0 Å². The molecule has 3 rings (SSSR count). The molecular weight excluding hydrogens is 326 g/mol. The zero-order valence-electron chi connectivity index (χ0n) is 14.8. The summed E-state index contributed by atoms with van der Waals surface area (Å²) in [6.07, 6.45) is 1.65. The third-order valence-corrected chi connectivity index (χ3v) is 4.06. The topological polar surface area (TPSA) is 63.2 Å². The maximum atomic E-state index is 12.3. The monoisotopic (exact) mass is 347 g/mol. The van der Waals surface area contributed by atoms with Crippen molar-refractivity contribution in [3.8, 4) is 5.75 Å². The molecule has 26 heavy (non-hydrogen) atoms. The standard InChI is InChI=1S/C21H21N3O2/c1-15-7-3-5-9-18(15)24-21(25)19-12-11-17(14-23-19)22-13-16-8-4-6-10-20(16)26-2/h3-12,14,22H,13H2,1-2H3,(H,24,25). The molecule has 0 radical (unpaired) electrons. The summed E-state index contributed by atoms with van der Waals surface area (Å²) in [5.74, 6) is 0.609. The van der Waals surface area contributed by atoms with Crippen LogP contribution in [0, 0.1) is 6.92 Å². The second-order valence-corrected chi connectivity index (χ2v) is 5.87. The van der Waals surface area contributed by atoms with E-state index in [1.54, 1.807) is 19.4 Å². The molecular formula is C21H21N3O2. The summed E-state index contributed by atoms with van der Waals surface area (Å²) in [5, 5.41) is 6.17. The summed E-state index contributed by atoms with van der Waals surface area (Å²) >= 11 is 0. The molecule has 2 N–H and O–H groups in total. The molecule has 3 aromatic rings. The highest BCUT2D eigenvalue weighted by atomic mass is 16.5. The molecule has 0 atom stereocenters. The minimum atomic E-state index is -0.226. The zero-order valence-corrected chi connectivity index (χ0v) is 14.8. The first-order chi connectivity index (χ1) is 12.7. The summed E-state index contributed by atoms with van der Waals surface area (Å²) in [4.78, 5) is 16.6. The molecule has 0 aliphatic heterocycles. The molecule has 0 unspecified atom stereocenters. The highest BCUT2D eigenvalue weighted by Gasteiger charge is 2.09. The molecule has 132 valence electrons. The lowest BCUT2D eigenvalue weighted by molar-refractivity contribution is 0.102. The molecule has 0 bridgehead atoms. The number of anilines is 2. The number of methoxy groups -OCH3 is 1. The van der Waals surface area contributed by atoms with Crippen LogP contribution in [0.25, 0.3) is 0 Å². The zero-order chi connectivity index (χ0) is 18.4. The van der Waals surface area contributed by atoms with E-state index in [1.807, 2.05) is 61.5 Å². The maximum absolute atomic E-state index is 12.3. The van der Waals surface area contributed by atoms with Crippen molar-refractivity contribution in [1.29, 1.82) is 0 Å². The first kappa shape index (κ1) is 17.5. The number of ether oxygens (including phenoxy) is 1. The van der Waals surface area contributed by atoms with E-state index < -0.39 is 0 Å². The van der Waals surface area contributed by atoms with Gasteiger partial charge in [0.1, 0.15) is 11.4 Å². The van der Waals surface area contributed by atoms with Gasteiger partial charge in [0.25, 0.3) is 5.91 Å². The molecule has 1 amide bonds. The molecule has 0 aliphatic carbocycles. The van der Waals surface area contributed by atoms with E-state index in [1.165, 1.54) is 0 Å². The Labute approximate surface area is 153 Å². The Bertz CT molecular complexity index is 892. The Hall–Kier alpha value is -3.34. The molecule has 2 aromatic carbocycles. The van der Waals surface area contributed by atoms with Gasteiger partial charge in [-0.15, -0.1) is 0 Å². The van der Waals surface area contributed by atoms with E-state index in [2.05, 4.69) is 15.6 Å². The van der Waals surface area contributed by atoms with Crippen molar-refractivity contribution in [2.24, 2.45) is 0 Å². The smallest absolute Gasteiger partial charge is 0.274 e. The van der Waals surface area contributed by atoms with Crippen LogP contribution >= 0.6 is 0 Å². The number of benzene rings is 2. The summed E-state index contributed by atoms with van der Waals surface area (Å²) in [6.45, 7) is 2.56. The SMILES string of the molecule is COc1ccccc1CNc1ccc(C(=O)Nc2ccccc2C)nc1. The van der Waals surface area contributed by atoms with Gasteiger partial charge >= 0.3 is 0 Å². The van der Waals surface area contributed by atoms with E-state index in [-0.39, 0.29) is 5.91 Å². The van der Waals surface area contributed by atoms with E-state index in [9.17, 15) is 4.79 Å². The number of carbonyl (C=O) groups is 1. The molecule has 1 heterocycles. The van der Waals surface area contributed by atoms with Crippen molar-refractivity contribution < 1.29 is 9.53 Å². The average Bonchev–Trinajstić information content (AvgIpc) is 2.68. The van der Waals surface area contributed by atoms with Crippen LogP contribution in [0.4, 0.5) is 11.4 Å². The van der Waals surface area contributed by atoms with Gasteiger partial charge in [-0.1, -0.05) is 36.4 Å². The van der Waals surface area contributed by atoms with Crippen LogP contribution in [0.2, 0.25) is 0 Å². The molecule has 0 saturated heterocycles. The fourth-order valence-corrected chi connectivity index (χ4v) is 2.58. The Balaban J connectivity index is 1.63. The quantitative estimate of drug-likeness (QED) is 0.699. The predicted molar refractivity (Wildman–Crippen MR) is 104 cm³/mol. The summed E-state index contributed by atoms with van der Waals surface area (Å²) in [5.41, 5.74) is 4.06. The van der Waals surface area contributed by atoms with Gasteiger partial charge in [0.15, 0.2) is 0 Å². The third-order valence-electron chi connectivity index (χ3n) is 4.06. The summed E-state index contributed by atoms with van der Waals surface area (Å²) in [7, 11) is 1.66. The predicted octanol–water partition coefficient (Wildman–Crippen LogP) is 4.26. The van der Waals surface area contributed by atoms with Crippen molar-refractivity contribution in [3.05, 3.63) is 83.7 Å². The molecule has 0 saturated carbocycles. The maximum Gasteiger partial charge on any atom is 0.274 e. The number of carbonyl (C=O) groups excluding carboxylic acids is 1. The fraction of sp³-hybridized carbons (Fsp3) is 0.143. The van der Waals surface area contributed by atoms with E-state index >= 15 is 0 Å². The second kappa shape index (κ2) is 8.16. The minimum absolute atomic E-state index is 0.226. The minimum Gasteiger partial charge on any atom is -0.496 e. The molecule has 1 aromatic heterocycles. The normalized spacial score (nSPS) is 10.2.